The van der Waals surface area contributed by atoms with E-state index in [1.165, 1.54) is 5.56 Å². The number of ether oxygens (including phenoxy) is 3. The Labute approximate surface area is 223 Å². The highest BCUT2D eigenvalue weighted by Gasteiger charge is 2.47. The Morgan fingerprint density at radius 1 is 0.757 bits per heavy atom. The van der Waals surface area contributed by atoms with Crippen molar-refractivity contribution in [3.05, 3.63) is 138 Å². The number of hydrogen-bond acceptors (Lipinski definition) is 5. The second-order valence-corrected chi connectivity index (χ2v) is 10.5. The molecule has 1 fully saturated rings. The molecule has 1 aliphatic heterocycles. The number of benzene rings is 4. The van der Waals surface area contributed by atoms with Crippen LogP contribution in [-0.2, 0) is 19.8 Å². The summed E-state index contributed by atoms with van der Waals surface area (Å²) in [6, 6.07) is 39.1. The highest BCUT2D eigenvalue weighted by atomic mass is 32.2. The minimum absolute atomic E-state index is 0.257. The molecule has 4 nitrogen and oxygen atoms in total. The van der Waals surface area contributed by atoms with Crippen molar-refractivity contribution in [3.8, 4) is 0 Å². The number of thioether (sulfide) groups is 1. The maximum atomic E-state index is 11.1. The first-order valence-corrected chi connectivity index (χ1v) is 13.4. The van der Waals surface area contributed by atoms with Gasteiger partial charge in [-0.15, -0.1) is 11.8 Å². The fourth-order valence-electron chi connectivity index (χ4n) is 4.93. The summed E-state index contributed by atoms with van der Waals surface area (Å²) in [5.74, 6) is 0. The minimum atomic E-state index is -0.859. The van der Waals surface area contributed by atoms with Crippen molar-refractivity contribution in [3.63, 3.8) is 0 Å². The molecule has 0 aliphatic carbocycles. The molecule has 5 heteroatoms. The number of aryl methyl sites for hydroxylation is 1. The smallest absolute Gasteiger partial charge is 0.184 e. The maximum Gasteiger partial charge on any atom is 0.184 e. The van der Waals surface area contributed by atoms with Crippen molar-refractivity contribution in [1.82, 2.24) is 0 Å². The van der Waals surface area contributed by atoms with Crippen molar-refractivity contribution in [2.75, 3.05) is 13.7 Å². The van der Waals surface area contributed by atoms with Crippen LogP contribution in [0.2, 0.25) is 0 Å². The quantitative estimate of drug-likeness (QED) is 0.271. The van der Waals surface area contributed by atoms with Crippen molar-refractivity contribution in [2.24, 2.45) is 0 Å². The summed E-state index contributed by atoms with van der Waals surface area (Å²) in [5.41, 5.74) is 3.41. The molecule has 4 aromatic carbocycles. The molecule has 190 valence electrons. The third kappa shape index (κ3) is 5.37. The van der Waals surface area contributed by atoms with Crippen LogP contribution in [0.1, 0.15) is 22.3 Å². The average Bonchev–Trinajstić information content (AvgIpc) is 3.26. The van der Waals surface area contributed by atoms with Crippen LogP contribution in [0.15, 0.2) is 120 Å². The highest BCUT2D eigenvalue weighted by Crippen LogP contribution is 2.42. The minimum Gasteiger partial charge on any atom is -0.387 e. The van der Waals surface area contributed by atoms with Crippen LogP contribution < -0.4 is 0 Å². The summed E-state index contributed by atoms with van der Waals surface area (Å²) >= 11 is 1.60. The fourth-order valence-corrected chi connectivity index (χ4v) is 6.10. The van der Waals surface area contributed by atoms with Crippen LogP contribution >= 0.6 is 11.8 Å². The number of methoxy groups -OCH3 is 1. The largest absolute Gasteiger partial charge is 0.387 e. The highest BCUT2D eigenvalue weighted by molar-refractivity contribution is 8.00. The number of hydrogen-bond donors (Lipinski definition) is 1. The zero-order chi connectivity index (χ0) is 25.7. The van der Waals surface area contributed by atoms with Crippen molar-refractivity contribution >= 4 is 11.8 Å². The lowest BCUT2D eigenvalue weighted by Crippen LogP contribution is -2.38. The number of aliphatic hydroxyl groups is 1. The molecule has 4 aromatic rings. The van der Waals surface area contributed by atoms with Gasteiger partial charge in [-0.2, -0.15) is 0 Å². The van der Waals surface area contributed by atoms with E-state index in [1.807, 2.05) is 54.6 Å². The van der Waals surface area contributed by atoms with Crippen molar-refractivity contribution in [1.29, 1.82) is 0 Å². The van der Waals surface area contributed by atoms with E-state index in [2.05, 4.69) is 67.6 Å². The van der Waals surface area contributed by atoms with Crippen LogP contribution in [0, 0.1) is 6.92 Å². The van der Waals surface area contributed by atoms with Gasteiger partial charge in [-0.1, -0.05) is 109 Å². The van der Waals surface area contributed by atoms with E-state index in [-0.39, 0.29) is 18.0 Å². The van der Waals surface area contributed by atoms with E-state index in [1.54, 1.807) is 18.9 Å². The topological polar surface area (TPSA) is 47.9 Å². The lowest BCUT2D eigenvalue weighted by atomic mass is 9.80. The second-order valence-electron chi connectivity index (χ2n) is 9.26. The second kappa shape index (κ2) is 11.6. The van der Waals surface area contributed by atoms with Gasteiger partial charge in [0.15, 0.2) is 6.29 Å². The average molecular weight is 513 g/mol. The molecule has 1 aliphatic rings. The van der Waals surface area contributed by atoms with Gasteiger partial charge >= 0.3 is 0 Å². The molecular weight excluding hydrogens is 480 g/mol. The standard InChI is InChI=1S/C32H32O4S/c1-23-18-20-27(21-19-23)37-30-28(36-31(34-2)29(30)33)22-35-32(24-12-6-3-7-13-24,25-14-8-4-9-15-25)26-16-10-5-11-17-26/h3-21,28-31,33H,22H2,1-2H3/t28-,29-,30+,31-/m1/s1. The van der Waals surface area contributed by atoms with E-state index in [0.717, 1.165) is 21.6 Å². The summed E-state index contributed by atoms with van der Waals surface area (Å²) in [7, 11) is 1.56. The molecule has 0 bridgehead atoms. The van der Waals surface area contributed by atoms with Crippen LogP contribution in [0.25, 0.3) is 0 Å². The molecule has 0 unspecified atom stereocenters. The van der Waals surface area contributed by atoms with Crippen molar-refractivity contribution in [2.45, 2.75) is 41.2 Å². The molecule has 1 N–H and O–H groups in total. The molecule has 5 rings (SSSR count). The van der Waals surface area contributed by atoms with Gasteiger partial charge in [0.25, 0.3) is 0 Å². The van der Waals surface area contributed by atoms with E-state index >= 15 is 0 Å². The first kappa shape index (κ1) is 25.7. The SMILES string of the molecule is CO[C@@H]1O[C@H](COC(c2ccccc2)(c2ccccc2)c2ccccc2)[C@H](Sc2ccc(C)cc2)[C@H]1O. The Hall–Kier alpha value is -2.93. The summed E-state index contributed by atoms with van der Waals surface area (Å²) in [5, 5.41) is 10.8. The third-order valence-electron chi connectivity index (χ3n) is 6.82. The van der Waals surface area contributed by atoms with E-state index in [0.29, 0.717) is 0 Å². The summed E-state index contributed by atoms with van der Waals surface area (Å²) in [6.07, 6.45) is -1.89. The molecule has 1 saturated heterocycles. The third-order valence-corrected chi connectivity index (χ3v) is 8.22. The molecule has 0 saturated carbocycles. The van der Waals surface area contributed by atoms with Gasteiger partial charge < -0.3 is 19.3 Å². The zero-order valence-electron chi connectivity index (χ0n) is 21.1. The van der Waals surface area contributed by atoms with Gasteiger partial charge in [0.05, 0.1) is 18.0 Å². The lowest BCUT2D eigenvalue weighted by molar-refractivity contribution is -0.162. The number of aliphatic hydroxyl groups excluding tert-OH is 1. The van der Waals surface area contributed by atoms with Gasteiger partial charge in [0.2, 0.25) is 0 Å². The van der Waals surface area contributed by atoms with Gasteiger partial charge in [-0.3, -0.25) is 0 Å². The molecule has 0 radical (unpaired) electrons. The molecule has 4 atom stereocenters. The van der Waals surface area contributed by atoms with Gasteiger partial charge in [-0.05, 0) is 35.7 Å². The van der Waals surface area contributed by atoms with Gasteiger partial charge in [0, 0.05) is 12.0 Å². The fraction of sp³-hybridized carbons (Fsp3) is 0.250. The van der Waals surface area contributed by atoms with Crippen LogP contribution in [0.5, 0.6) is 0 Å². The molecular formula is C32H32O4S. The Bertz CT molecular complexity index is 1150. The molecule has 37 heavy (non-hydrogen) atoms. The first-order valence-electron chi connectivity index (χ1n) is 12.5. The first-order chi connectivity index (χ1) is 18.1. The monoisotopic (exact) mass is 512 g/mol. The summed E-state index contributed by atoms with van der Waals surface area (Å²) in [4.78, 5) is 1.07. The predicted octanol–water partition coefficient (Wildman–Crippen LogP) is 6.20. The Morgan fingerprint density at radius 3 is 1.70 bits per heavy atom. The predicted molar refractivity (Wildman–Crippen MR) is 148 cm³/mol. The van der Waals surface area contributed by atoms with Crippen LogP contribution in [0.4, 0.5) is 0 Å². The lowest BCUT2D eigenvalue weighted by Gasteiger charge is -2.37. The van der Waals surface area contributed by atoms with Crippen LogP contribution in [-0.4, -0.2) is 42.6 Å². The molecule has 0 spiro atoms. The van der Waals surface area contributed by atoms with Gasteiger partial charge in [0.1, 0.15) is 11.7 Å². The van der Waals surface area contributed by atoms with E-state index in [9.17, 15) is 5.11 Å². The summed E-state index contributed by atoms with van der Waals surface area (Å²) in [6.45, 7) is 2.33. The molecule has 0 amide bonds. The Balaban J connectivity index is 1.52. The number of rotatable bonds is 9. The summed E-state index contributed by atoms with van der Waals surface area (Å²) < 4.78 is 18.7. The normalized spacial score (nSPS) is 21.7. The zero-order valence-corrected chi connectivity index (χ0v) is 21.9. The maximum absolute atomic E-state index is 11.1. The van der Waals surface area contributed by atoms with Gasteiger partial charge in [-0.25, -0.2) is 0 Å². The van der Waals surface area contributed by atoms with Crippen molar-refractivity contribution < 1.29 is 19.3 Å². The van der Waals surface area contributed by atoms with Crippen LogP contribution in [0.3, 0.4) is 0 Å². The molecule has 0 aromatic heterocycles. The molecule has 1 heterocycles. The Morgan fingerprint density at radius 2 is 1.24 bits per heavy atom. The van der Waals surface area contributed by atoms with E-state index < -0.39 is 18.0 Å². The Kier molecular flexibility index (Phi) is 8.08. The van der Waals surface area contributed by atoms with E-state index in [4.69, 9.17) is 14.2 Å².